The number of hydrogen-bond acceptors (Lipinski definition) is 4. The van der Waals surface area contributed by atoms with Crippen molar-refractivity contribution >= 4 is 11.8 Å². The SMILES string of the molecule is COc1cc(F)ccc1NCC1CCCN1C(=O)OC(C)(C)C. The summed E-state index contributed by atoms with van der Waals surface area (Å²) in [5.41, 5.74) is 0.211. The van der Waals surface area contributed by atoms with Crippen LogP contribution in [0.15, 0.2) is 18.2 Å². The van der Waals surface area contributed by atoms with Gasteiger partial charge in [0.25, 0.3) is 0 Å². The summed E-state index contributed by atoms with van der Waals surface area (Å²) in [5.74, 6) is 0.107. The first-order chi connectivity index (χ1) is 10.8. The third kappa shape index (κ3) is 4.74. The average Bonchev–Trinajstić information content (AvgIpc) is 2.92. The normalized spacial score (nSPS) is 18.0. The lowest BCUT2D eigenvalue weighted by molar-refractivity contribution is 0.0235. The summed E-state index contributed by atoms with van der Waals surface area (Å²) in [5, 5.41) is 3.24. The first kappa shape index (κ1) is 17.4. The van der Waals surface area contributed by atoms with Crippen LogP contribution < -0.4 is 10.1 Å². The van der Waals surface area contributed by atoms with Crippen molar-refractivity contribution in [1.82, 2.24) is 4.90 Å². The van der Waals surface area contributed by atoms with E-state index in [1.807, 2.05) is 20.8 Å². The quantitative estimate of drug-likeness (QED) is 0.918. The molecule has 1 unspecified atom stereocenters. The van der Waals surface area contributed by atoms with E-state index in [2.05, 4.69) is 5.32 Å². The zero-order chi connectivity index (χ0) is 17.0. The van der Waals surface area contributed by atoms with E-state index in [9.17, 15) is 9.18 Å². The van der Waals surface area contributed by atoms with E-state index in [1.54, 1.807) is 11.0 Å². The molecular weight excluding hydrogens is 299 g/mol. The summed E-state index contributed by atoms with van der Waals surface area (Å²) in [6.07, 6.45) is 1.58. The highest BCUT2D eigenvalue weighted by molar-refractivity contribution is 5.69. The third-order valence-corrected chi connectivity index (χ3v) is 3.70. The third-order valence-electron chi connectivity index (χ3n) is 3.70. The minimum Gasteiger partial charge on any atom is -0.494 e. The van der Waals surface area contributed by atoms with Gasteiger partial charge in [-0.15, -0.1) is 0 Å². The lowest BCUT2D eigenvalue weighted by Gasteiger charge is -2.29. The van der Waals surface area contributed by atoms with Crippen molar-refractivity contribution < 1.29 is 18.7 Å². The van der Waals surface area contributed by atoms with E-state index in [0.29, 0.717) is 24.5 Å². The Balaban J connectivity index is 1.98. The van der Waals surface area contributed by atoms with Gasteiger partial charge in [-0.05, 0) is 45.7 Å². The molecule has 1 aliphatic rings. The molecule has 1 aromatic rings. The van der Waals surface area contributed by atoms with Crippen molar-refractivity contribution in [3.63, 3.8) is 0 Å². The van der Waals surface area contributed by atoms with Crippen molar-refractivity contribution in [2.75, 3.05) is 25.5 Å². The van der Waals surface area contributed by atoms with E-state index >= 15 is 0 Å². The second-order valence-electron chi connectivity index (χ2n) is 6.70. The minimum atomic E-state index is -0.502. The number of likely N-dealkylation sites (tertiary alicyclic amines) is 1. The number of ether oxygens (including phenoxy) is 2. The number of carbonyl (C=O) groups is 1. The molecule has 0 radical (unpaired) electrons. The maximum atomic E-state index is 13.2. The van der Waals surface area contributed by atoms with E-state index < -0.39 is 5.60 Å². The molecule has 1 aromatic carbocycles. The number of amides is 1. The van der Waals surface area contributed by atoms with Crippen LogP contribution in [0.25, 0.3) is 0 Å². The van der Waals surface area contributed by atoms with Gasteiger partial charge in [0.15, 0.2) is 0 Å². The van der Waals surface area contributed by atoms with Crippen LogP contribution in [0.5, 0.6) is 5.75 Å². The molecule has 128 valence electrons. The maximum absolute atomic E-state index is 13.2. The fraction of sp³-hybridized carbons (Fsp3) is 0.588. The van der Waals surface area contributed by atoms with E-state index in [0.717, 1.165) is 12.8 Å². The molecule has 1 amide bonds. The molecular formula is C17H25FN2O3. The van der Waals surface area contributed by atoms with Crippen molar-refractivity contribution in [1.29, 1.82) is 0 Å². The Hall–Kier alpha value is -1.98. The molecule has 0 aliphatic carbocycles. The molecule has 6 heteroatoms. The van der Waals surface area contributed by atoms with E-state index in [-0.39, 0.29) is 18.0 Å². The highest BCUT2D eigenvalue weighted by Crippen LogP contribution is 2.26. The molecule has 1 N–H and O–H groups in total. The van der Waals surface area contributed by atoms with Crippen LogP contribution in [-0.4, -0.2) is 42.8 Å². The number of nitrogens with zero attached hydrogens (tertiary/aromatic N) is 1. The summed E-state index contributed by atoms with van der Waals surface area (Å²) >= 11 is 0. The van der Waals surface area contributed by atoms with E-state index in [1.165, 1.54) is 19.2 Å². The molecule has 1 atom stereocenters. The minimum absolute atomic E-state index is 0.0552. The van der Waals surface area contributed by atoms with Gasteiger partial charge in [0.1, 0.15) is 17.2 Å². The van der Waals surface area contributed by atoms with Crippen LogP contribution in [0.4, 0.5) is 14.9 Å². The first-order valence-corrected chi connectivity index (χ1v) is 7.87. The predicted octanol–water partition coefficient (Wildman–Crippen LogP) is 3.65. The molecule has 0 spiro atoms. The van der Waals surface area contributed by atoms with Crippen LogP contribution in [0, 0.1) is 5.82 Å². The number of benzene rings is 1. The summed E-state index contributed by atoms with van der Waals surface area (Å²) in [4.78, 5) is 14.0. The molecule has 2 rings (SSSR count). The van der Waals surface area contributed by atoms with Crippen LogP contribution in [-0.2, 0) is 4.74 Å². The number of rotatable bonds is 4. The molecule has 23 heavy (non-hydrogen) atoms. The van der Waals surface area contributed by atoms with Gasteiger partial charge in [0.2, 0.25) is 0 Å². The summed E-state index contributed by atoms with van der Waals surface area (Å²) in [6.45, 7) is 6.84. The Morgan fingerprint density at radius 3 is 2.83 bits per heavy atom. The zero-order valence-electron chi connectivity index (χ0n) is 14.2. The number of nitrogens with one attached hydrogen (secondary N) is 1. The molecule has 0 saturated carbocycles. The second kappa shape index (κ2) is 7.06. The molecule has 0 bridgehead atoms. The highest BCUT2D eigenvalue weighted by Gasteiger charge is 2.32. The van der Waals surface area contributed by atoms with Gasteiger partial charge in [-0.3, -0.25) is 0 Å². The molecule has 5 nitrogen and oxygen atoms in total. The average molecular weight is 324 g/mol. The first-order valence-electron chi connectivity index (χ1n) is 7.87. The fourth-order valence-electron chi connectivity index (χ4n) is 2.65. The van der Waals surface area contributed by atoms with Crippen molar-refractivity contribution in [2.24, 2.45) is 0 Å². The second-order valence-corrected chi connectivity index (χ2v) is 6.70. The molecule has 1 saturated heterocycles. The van der Waals surface area contributed by atoms with Crippen LogP contribution >= 0.6 is 0 Å². The van der Waals surface area contributed by atoms with Crippen molar-refractivity contribution in [2.45, 2.75) is 45.3 Å². The number of hydrogen-bond donors (Lipinski definition) is 1. The Bertz CT molecular complexity index is 557. The van der Waals surface area contributed by atoms with Gasteiger partial charge in [0, 0.05) is 19.2 Å². The fourth-order valence-corrected chi connectivity index (χ4v) is 2.65. The lowest BCUT2D eigenvalue weighted by Crippen LogP contribution is -2.42. The standard InChI is InChI=1S/C17H25FN2O3/c1-17(2,3)23-16(21)20-9-5-6-13(20)11-19-14-8-7-12(18)10-15(14)22-4/h7-8,10,13,19H,5-6,9,11H2,1-4H3. The Morgan fingerprint density at radius 2 is 2.17 bits per heavy atom. The summed E-state index contributed by atoms with van der Waals surface area (Å²) in [7, 11) is 1.50. The molecule has 1 fully saturated rings. The topological polar surface area (TPSA) is 50.8 Å². The molecule has 0 aromatic heterocycles. The number of anilines is 1. The number of methoxy groups -OCH3 is 1. The van der Waals surface area contributed by atoms with Crippen molar-refractivity contribution in [3.8, 4) is 5.75 Å². The summed E-state index contributed by atoms with van der Waals surface area (Å²) < 4.78 is 23.8. The largest absolute Gasteiger partial charge is 0.494 e. The van der Waals surface area contributed by atoms with E-state index in [4.69, 9.17) is 9.47 Å². The molecule has 1 heterocycles. The number of carbonyl (C=O) groups excluding carboxylic acids is 1. The maximum Gasteiger partial charge on any atom is 0.410 e. The van der Waals surface area contributed by atoms with Gasteiger partial charge in [0.05, 0.1) is 18.8 Å². The van der Waals surface area contributed by atoms with Crippen LogP contribution in [0.3, 0.4) is 0 Å². The highest BCUT2D eigenvalue weighted by atomic mass is 19.1. The zero-order valence-corrected chi connectivity index (χ0v) is 14.2. The predicted molar refractivity (Wildman–Crippen MR) is 87.4 cm³/mol. The Labute approximate surface area is 136 Å². The van der Waals surface area contributed by atoms with Crippen molar-refractivity contribution in [3.05, 3.63) is 24.0 Å². The van der Waals surface area contributed by atoms with Gasteiger partial charge in [-0.25, -0.2) is 9.18 Å². The lowest BCUT2D eigenvalue weighted by atomic mass is 10.2. The number of halogens is 1. The van der Waals surface area contributed by atoms with Gasteiger partial charge in [-0.2, -0.15) is 0 Å². The summed E-state index contributed by atoms with van der Waals surface area (Å²) in [6, 6.07) is 4.41. The smallest absolute Gasteiger partial charge is 0.410 e. The van der Waals surface area contributed by atoms with Crippen LogP contribution in [0.1, 0.15) is 33.6 Å². The Kier molecular flexibility index (Phi) is 5.34. The van der Waals surface area contributed by atoms with Gasteiger partial charge in [-0.1, -0.05) is 0 Å². The van der Waals surface area contributed by atoms with Gasteiger partial charge < -0.3 is 19.7 Å². The van der Waals surface area contributed by atoms with Crippen LogP contribution in [0.2, 0.25) is 0 Å². The monoisotopic (exact) mass is 324 g/mol. The Morgan fingerprint density at radius 1 is 1.43 bits per heavy atom. The van der Waals surface area contributed by atoms with Gasteiger partial charge >= 0.3 is 6.09 Å². The molecule has 1 aliphatic heterocycles.